The number of allylic oxidation sites excluding steroid dienone is 2. The molecule has 12 heteroatoms. The number of hydrogen-bond donors (Lipinski definition) is 2. The van der Waals surface area contributed by atoms with Crippen molar-refractivity contribution >= 4 is 26.7 Å². The molecule has 2 N–H and O–H groups in total. The van der Waals surface area contributed by atoms with Crippen LogP contribution >= 0.6 is 14.7 Å². The molecule has 2 saturated carbocycles. The summed E-state index contributed by atoms with van der Waals surface area (Å²) in [6.07, 6.45) is 13.6. The number of rotatable bonds is 10. The molecule has 0 aliphatic heterocycles. The first-order valence-corrected chi connectivity index (χ1v) is 16.4. The van der Waals surface area contributed by atoms with E-state index in [-0.39, 0.29) is 85.4 Å². The first-order valence-electron chi connectivity index (χ1n) is 12.3. The molecule has 2 fully saturated rings. The predicted octanol–water partition coefficient (Wildman–Crippen LogP) is -2.93. The second-order valence-electron chi connectivity index (χ2n) is 9.40. The molecular formula is C24H40Li2O8P2. The molecule has 0 aromatic carbocycles. The molecule has 0 amide bonds. The molecule has 0 heterocycles. The van der Waals surface area contributed by atoms with Crippen molar-refractivity contribution in [2.24, 2.45) is 11.8 Å². The summed E-state index contributed by atoms with van der Waals surface area (Å²) >= 11 is 0. The van der Waals surface area contributed by atoms with E-state index in [4.69, 9.17) is 0 Å². The summed E-state index contributed by atoms with van der Waals surface area (Å²) in [5.74, 6) is -2.15. The van der Waals surface area contributed by atoms with Crippen LogP contribution in [0, 0.1) is 11.8 Å². The van der Waals surface area contributed by atoms with Gasteiger partial charge in [-0.3, -0.25) is 9.13 Å². The zero-order valence-electron chi connectivity index (χ0n) is 22.4. The van der Waals surface area contributed by atoms with Gasteiger partial charge in [-0.25, -0.2) is 0 Å². The Morgan fingerprint density at radius 2 is 0.972 bits per heavy atom. The smallest absolute Gasteiger partial charge is 0.545 e. The molecule has 2 atom stereocenters. The van der Waals surface area contributed by atoms with Gasteiger partial charge in [0.05, 0.1) is 24.3 Å². The molecule has 2 unspecified atom stereocenters. The van der Waals surface area contributed by atoms with Gasteiger partial charge < -0.3 is 29.6 Å². The predicted molar refractivity (Wildman–Crippen MR) is 130 cm³/mol. The van der Waals surface area contributed by atoms with Gasteiger partial charge in [-0.05, 0) is 48.7 Å². The van der Waals surface area contributed by atoms with E-state index in [1.165, 1.54) is 12.8 Å². The largest absolute Gasteiger partial charge is 1.00 e. The van der Waals surface area contributed by atoms with Crippen LogP contribution in [0.4, 0.5) is 0 Å². The van der Waals surface area contributed by atoms with Gasteiger partial charge >= 0.3 is 37.7 Å². The fourth-order valence-corrected chi connectivity index (χ4v) is 6.28. The molecule has 2 aliphatic carbocycles. The Labute approximate surface area is 240 Å². The minimum absolute atomic E-state index is 0. The average molecular weight is 532 g/mol. The van der Waals surface area contributed by atoms with E-state index < -0.39 is 26.7 Å². The number of carbonyl (C=O) groups is 2. The van der Waals surface area contributed by atoms with Gasteiger partial charge in [0.1, 0.15) is 0 Å². The minimum Gasteiger partial charge on any atom is -0.545 e. The van der Waals surface area contributed by atoms with Crippen molar-refractivity contribution in [3.63, 3.8) is 0 Å². The molecule has 196 valence electrons. The van der Waals surface area contributed by atoms with E-state index in [0.717, 1.165) is 51.4 Å². The number of hydrogen-bond acceptors (Lipinski definition) is 6. The van der Waals surface area contributed by atoms with Crippen LogP contribution in [-0.2, 0) is 18.7 Å². The van der Waals surface area contributed by atoms with E-state index in [1.807, 2.05) is 0 Å². The van der Waals surface area contributed by atoms with Crippen LogP contribution in [0.2, 0.25) is 0 Å². The van der Waals surface area contributed by atoms with Crippen LogP contribution in [0.3, 0.4) is 0 Å². The molecule has 0 aromatic heterocycles. The molecule has 0 bridgehead atoms. The summed E-state index contributed by atoms with van der Waals surface area (Å²) in [4.78, 5) is 40.9. The summed E-state index contributed by atoms with van der Waals surface area (Å²) < 4.78 is 23.1. The second kappa shape index (κ2) is 19.1. The molecule has 0 radical (unpaired) electrons. The van der Waals surface area contributed by atoms with Crippen molar-refractivity contribution in [3.05, 3.63) is 23.3 Å². The van der Waals surface area contributed by atoms with Crippen LogP contribution in [0.15, 0.2) is 23.3 Å². The Morgan fingerprint density at radius 1 is 0.694 bits per heavy atom. The molecule has 8 nitrogen and oxygen atoms in total. The maximum absolute atomic E-state index is 11.6. The van der Waals surface area contributed by atoms with E-state index in [1.54, 1.807) is 26.0 Å². The molecule has 0 spiro atoms. The third kappa shape index (κ3) is 16.1. The zero-order chi connectivity index (χ0) is 25.8. The first kappa shape index (κ1) is 38.1. The van der Waals surface area contributed by atoms with Crippen molar-refractivity contribution in [2.45, 2.75) is 78.1 Å². The number of carbonyl (C=O) groups excluding carboxylic acids is 2. The third-order valence-electron chi connectivity index (χ3n) is 6.52. The van der Waals surface area contributed by atoms with Crippen LogP contribution in [0.5, 0.6) is 0 Å². The van der Waals surface area contributed by atoms with Gasteiger partial charge in [-0.1, -0.05) is 64.5 Å². The topological polar surface area (TPSA) is 155 Å². The number of carboxylic acid groups (broad SMARTS) is 2. The summed E-state index contributed by atoms with van der Waals surface area (Å²) in [6.45, 7) is 3.18. The summed E-state index contributed by atoms with van der Waals surface area (Å²) in [6, 6.07) is 0. The van der Waals surface area contributed by atoms with Crippen LogP contribution in [-0.4, -0.2) is 46.4 Å². The number of carboxylic acids is 2. The molecular weight excluding hydrogens is 492 g/mol. The Hall–Kier alpha value is -0.00519. The Bertz CT molecular complexity index is 764. The second-order valence-corrected chi connectivity index (χ2v) is 14.7. The van der Waals surface area contributed by atoms with E-state index in [0.29, 0.717) is 0 Å². The van der Waals surface area contributed by atoms with Gasteiger partial charge in [0.25, 0.3) is 0 Å². The van der Waals surface area contributed by atoms with Crippen molar-refractivity contribution in [2.75, 3.05) is 24.6 Å². The molecule has 0 aromatic rings. The Kier molecular flexibility index (Phi) is 20.3. The third-order valence-corrected chi connectivity index (χ3v) is 10.2. The van der Waals surface area contributed by atoms with Gasteiger partial charge in [-0.2, -0.15) is 0 Å². The van der Waals surface area contributed by atoms with Crippen LogP contribution < -0.4 is 47.9 Å². The maximum Gasteiger partial charge on any atom is 1.00 e. The van der Waals surface area contributed by atoms with Crippen molar-refractivity contribution in [3.8, 4) is 0 Å². The quantitative estimate of drug-likeness (QED) is 0.172. The van der Waals surface area contributed by atoms with E-state index in [9.17, 15) is 38.7 Å². The monoisotopic (exact) mass is 532 g/mol. The van der Waals surface area contributed by atoms with Gasteiger partial charge in [-0.15, -0.1) is 0 Å². The molecule has 36 heavy (non-hydrogen) atoms. The fourth-order valence-electron chi connectivity index (χ4n) is 4.30. The Balaban J connectivity index is 0. The zero-order valence-corrected chi connectivity index (χ0v) is 24.2. The summed E-state index contributed by atoms with van der Waals surface area (Å²) in [5.41, 5.74) is 0.00849. The van der Waals surface area contributed by atoms with E-state index in [2.05, 4.69) is 0 Å². The summed E-state index contributed by atoms with van der Waals surface area (Å²) in [5, 5.41) is 21.9. The minimum atomic E-state index is -3.34. The van der Waals surface area contributed by atoms with Gasteiger partial charge in [0, 0.05) is 12.3 Å². The van der Waals surface area contributed by atoms with Crippen LogP contribution in [0.1, 0.15) is 78.1 Å². The van der Waals surface area contributed by atoms with Gasteiger partial charge in [0.2, 0.25) is 14.7 Å². The average Bonchev–Trinajstić information content (AvgIpc) is 2.79. The van der Waals surface area contributed by atoms with Crippen molar-refractivity contribution in [1.29, 1.82) is 0 Å². The molecule has 2 rings (SSSR count). The van der Waals surface area contributed by atoms with Crippen molar-refractivity contribution in [1.82, 2.24) is 0 Å². The summed E-state index contributed by atoms with van der Waals surface area (Å²) in [7, 11) is -6.68. The fraction of sp³-hybridized carbons (Fsp3) is 0.750. The SMILES string of the molecule is CCP(=O)(O)C/C(=C/C1CCCCC1)C(=O)[O-].CCP(=O)(O)C/C(=C/C1CCCCC1)C(=O)[O-].[Li+].[Li+]. The molecule has 2 aliphatic rings. The maximum atomic E-state index is 11.6. The van der Waals surface area contributed by atoms with E-state index >= 15 is 0 Å². The standard InChI is InChI=1S/2C12H21O4P.2Li/c2*1-2-17(15,16)9-11(12(13)14)8-10-6-4-3-5-7-10;;/h2*8,10H,2-7,9H2,1H3,(H,13,14)(H,15,16);;/q;;2*+1/p-2/b2*11-8-;;. The van der Waals surface area contributed by atoms with Gasteiger partial charge in [0.15, 0.2) is 0 Å². The molecule has 0 saturated heterocycles. The number of aliphatic carboxylic acids is 2. The first-order chi connectivity index (χ1) is 15.9. The Morgan fingerprint density at radius 3 is 1.19 bits per heavy atom. The van der Waals surface area contributed by atoms with Crippen molar-refractivity contribution < 1.29 is 76.4 Å². The van der Waals surface area contributed by atoms with Crippen LogP contribution in [0.25, 0.3) is 0 Å². The normalized spacial score (nSPS) is 20.9.